The smallest absolute Gasteiger partial charge is 0.261 e. The topological polar surface area (TPSA) is 54.6 Å². The molecule has 0 aliphatic carbocycles. The van der Waals surface area contributed by atoms with Crippen molar-refractivity contribution in [3.63, 3.8) is 0 Å². The summed E-state index contributed by atoms with van der Waals surface area (Å²) in [6.07, 6.45) is 0. The third-order valence-electron chi connectivity index (χ3n) is 4.06. The van der Waals surface area contributed by atoms with Crippen LogP contribution in [0.1, 0.15) is 10.4 Å². The van der Waals surface area contributed by atoms with Crippen LogP contribution in [-0.2, 0) is 0 Å². The summed E-state index contributed by atoms with van der Waals surface area (Å²) in [5.41, 5.74) is 1.83. The van der Waals surface area contributed by atoms with Gasteiger partial charge in [-0.05, 0) is 42.5 Å². The molecule has 3 aromatic carbocycles. The van der Waals surface area contributed by atoms with Crippen LogP contribution >= 0.6 is 11.6 Å². The van der Waals surface area contributed by atoms with Gasteiger partial charge in [-0.25, -0.2) is 9.38 Å². The zero-order chi connectivity index (χ0) is 19.5. The Morgan fingerprint density at radius 1 is 0.964 bits per heavy atom. The molecular weight excluding hydrogens is 379 g/mol. The Morgan fingerprint density at radius 3 is 2.50 bits per heavy atom. The number of carbonyl (C=O) groups excluding carboxylic acids is 1. The number of anilines is 1. The van der Waals surface area contributed by atoms with Gasteiger partial charge in [0.1, 0.15) is 17.0 Å². The van der Waals surface area contributed by atoms with Crippen LogP contribution in [0.2, 0.25) is 5.02 Å². The molecule has 1 heterocycles. The lowest BCUT2D eigenvalue weighted by molar-refractivity contribution is 0.102. The van der Waals surface area contributed by atoms with Crippen LogP contribution in [-0.4, -0.2) is 5.91 Å². The first-order chi connectivity index (χ1) is 13.6. The number of amides is 1. The van der Waals surface area contributed by atoms with E-state index in [2.05, 4.69) is 10.3 Å². The molecule has 1 amide bonds. The molecule has 0 atom stereocenters. The highest BCUT2D eigenvalue weighted by Crippen LogP contribution is 2.25. The van der Waals surface area contributed by atoms with E-state index in [-0.39, 0.29) is 22.0 Å². The lowest BCUT2D eigenvalue weighted by atomic mass is 10.1. The summed E-state index contributed by atoms with van der Waals surface area (Å²) in [7, 11) is 0. The van der Waals surface area contributed by atoms with E-state index in [0.29, 0.717) is 17.0 Å². The molecule has 4 aromatic rings. The maximum atomic E-state index is 13.3. The van der Waals surface area contributed by atoms with E-state index in [1.54, 1.807) is 24.3 Å². The molecule has 0 fully saturated rings. The van der Waals surface area contributed by atoms with E-state index in [0.717, 1.165) is 11.5 Å². The van der Waals surface area contributed by atoms with Crippen LogP contribution in [0.15, 0.2) is 88.3 Å². The summed E-state index contributed by atoms with van der Waals surface area (Å²) in [6.45, 7) is 0. The number of nitrogens with zero attached hydrogens (tertiary/aromatic N) is 1. The van der Waals surface area contributed by atoms with Gasteiger partial charge in [0.15, 0.2) is 0 Å². The minimum Gasteiger partial charge on any atom is -0.438 e. The molecule has 4 nitrogen and oxygen atoms in total. The normalized spacial score (nSPS) is 11.6. The van der Waals surface area contributed by atoms with Crippen LogP contribution in [0.4, 0.5) is 15.8 Å². The maximum absolute atomic E-state index is 13.3. The van der Waals surface area contributed by atoms with Gasteiger partial charge in [0.05, 0.1) is 10.7 Å². The summed E-state index contributed by atoms with van der Waals surface area (Å²) in [4.78, 5) is 17.3. The number of rotatable bonds is 3. The maximum Gasteiger partial charge on any atom is 0.261 e. The first kappa shape index (κ1) is 17.9. The number of carbonyl (C=O) groups is 1. The Bertz CT molecular complexity index is 1240. The van der Waals surface area contributed by atoms with Gasteiger partial charge in [0, 0.05) is 11.1 Å². The molecule has 6 heteroatoms. The van der Waals surface area contributed by atoms with Gasteiger partial charge in [-0.2, -0.15) is 0 Å². The predicted molar refractivity (Wildman–Crippen MR) is 107 cm³/mol. The molecule has 0 aliphatic rings. The number of para-hydroxylation sites is 2. The second kappa shape index (κ2) is 7.66. The monoisotopic (exact) mass is 392 g/mol. The Kier molecular flexibility index (Phi) is 4.91. The van der Waals surface area contributed by atoms with Gasteiger partial charge in [-0.3, -0.25) is 4.79 Å². The van der Waals surface area contributed by atoms with Crippen molar-refractivity contribution in [1.29, 1.82) is 0 Å². The van der Waals surface area contributed by atoms with E-state index in [1.165, 1.54) is 12.1 Å². The molecule has 0 bridgehead atoms. The first-order valence-electron chi connectivity index (χ1n) is 8.49. The molecule has 0 unspecified atom stereocenters. The van der Waals surface area contributed by atoms with Crippen molar-refractivity contribution in [2.45, 2.75) is 0 Å². The molecule has 28 heavy (non-hydrogen) atoms. The average molecular weight is 393 g/mol. The van der Waals surface area contributed by atoms with Gasteiger partial charge in [-0.15, -0.1) is 0 Å². The van der Waals surface area contributed by atoms with Crippen molar-refractivity contribution in [2.24, 2.45) is 4.99 Å². The zero-order valence-corrected chi connectivity index (χ0v) is 15.3. The molecule has 0 saturated heterocycles. The molecule has 1 N–H and O–H groups in total. The van der Waals surface area contributed by atoms with Crippen molar-refractivity contribution in [3.05, 3.63) is 101 Å². The van der Waals surface area contributed by atoms with Gasteiger partial charge in [-0.1, -0.05) is 48.0 Å². The van der Waals surface area contributed by atoms with Gasteiger partial charge in [0.2, 0.25) is 5.55 Å². The quantitative estimate of drug-likeness (QED) is 0.485. The molecule has 0 radical (unpaired) electrons. The summed E-state index contributed by atoms with van der Waals surface area (Å²) < 4.78 is 19.2. The molecule has 1 aromatic heterocycles. The lowest BCUT2D eigenvalue weighted by Gasteiger charge is -2.07. The molecule has 0 spiro atoms. The minimum absolute atomic E-state index is 0.0839. The zero-order valence-electron chi connectivity index (χ0n) is 14.5. The average Bonchev–Trinajstić information content (AvgIpc) is 2.70. The lowest BCUT2D eigenvalue weighted by Crippen LogP contribution is -2.21. The number of hydrogen-bond donors (Lipinski definition) is 1. The number of halogens is 2. The molecular formula is C22H14ClFN2O2. The highest BCUT2D eigenvalue weighted by molar-refractivity contribution is 6.32. The van der Waals surface area contributed by atoms with Crippen molar-refractivity contribution >= 4 is 39.9 Å². The highest BCUT2D eigenvalue weighted by Gasteiger charge is 2.13. The molecule has 138 valence electrons. The minimum atomic E-state index is -0.471. The number of hydrogen-bond acceptors (Lipinski definition) is 3. The Balaban J connectivity index is 1.87. The standard InChI is InChI=1S/C22H14ClFN2O2/c23-18-13-15(24)10-11-19(18)26-22-17(12-14-6-4-5-9-20(14)28-22)21(27)25-16-7-2-1-3-8-16/h1-13H,(H,25,27). The largest absolute Gasteiger partial charge is 0.438 e. The van der Waals surface area contributed by atoms with E-state index < -0.39 is 5.82 Å². The van der Waals surface area contributed by atoms with Crippen molar-refractivity contribution in [1.82, 2.24) is 0 Å². The van der Waals surface area contributed by atoms with Crippen LogP contribution in [0.25, 0.3) is 11.0 Å². The summed E-state index contributed by atoms with van der Waals surface area (Å²) in [5, 5.41) is 3.70. The van der Waals surface area contributed by atoms with Gasteiger partial charge < -0.3 is 9.73 Å². The number of benzene rings is 3. The highest BCUT2D eigenvalue weighted by atomic mass is 35.5. The van der Waals surface area contributed by atoms with Crippen LogP contribution in [0.3, 0.4) is 0 Å². The Hall–Kier alpha value is -3.44. The summed E-state index contributed by atoms with van der Waals surface area (Å²) in [5.74, 6) is -0.848. The Labute approximate surface area is 164 Å². The van der Waals surface area contributed by atoms with Crippen LogP contribution in [0.5, 0.6) is 0 Å². The number of nitrogens with one attached hydrogen (secondary N) is 1. The fraction of sp³-hybridized carbons (Fsp3) is 0. The van der Waals surface area contributed by atoms with Crippen LogP contribution in [0, 0.1) is 5.82 Å². The van der Waals surface area contributed by atoms with E-state index in [1.807, 2.05) is 36.4 Å². The SMILES string of the molecule is O=C(Nc1ccccc1)c1cc2ccccc2oc1=Nc1ccc(F)cc1Cl. The summed E-state index contributed by atoms with van der Waals surface area (Å²) in [6, 6.07) is 21.9. The van der Waals surface area contributed by atoms with E-state index in [9.17, 15) is 9.18 Å². The van der Waals surface area contributed by atoms with Crippen molar-refractivity contribution < 1.29 is 13.6 Å². The number of fused-ring (bicyclic) bond motifs is 1. The molecule has 4 rings (SSSR count). The third kappa shape index (κ3) is 3.80. The summed E-state index contributed by atoms with van der Waals surface area (Å²) >= 11 is 6.08. The van der Waals surface area contributed by atoms with E-state index >= 15 is 0 Å². The predicted octanol–water partition coefficient (Wildman–Crippen LogP) is 5.71. The van der Waals surface area contributed by atoms with Crippen molar-refractivity contribution in [3.8, 4) is 0 Å². The van der Waals surface area contributed by atoms with Crippen LogP contribution < -0.4 is 10.9 Å². The first-order valence-corrected chi connectivity index (χ1v) is 8.87. The van der Waals surface area contributed by atoms with E-state index in [4.69, 9.17) is 16.0 Å². The fourth-order valence-corrected chi connectivity index (χ4v) is 2.93. The van der Waals surface area contributed by atoms with Gasteiger partial charge in [0.25, 0.3) is 5.91 Å². The van der Waals surface area contributed by atoms with Gasteiger partial charge >= 0.3 is 0 Å². The van der Waals surface area contributed by atoms with Crippen molar-refractivity contribution in [2.75, 3.05) is 5.32 Å². The second-order valence-corrected chi connectivity index (χ2v) is 6.44. The second-order valence-electron chi connectivity index (χ2n) is 6.03. The molecule has 0 aliphatic heterocycles. The third-order valence-corrected chi connectivity index (χ3v) is 4.37. The fourth-order valence-electron chi connectivity index (χ4n) is 2.72. The Morgan fingerprint density at radius 2 is 1.71 bits per heavy atom. The molecule has 0 saturated carbocycles.